The summed E-state index contributed by atoms with van der Waals surface area (Å²) in [4.78, 5) is 11.8. The molecule has 0 fully saturated rings. The van der Waals surface area contributed by atoms with Crippen LogP contribution in [0.4, 0.5) is 5.88 Å². The largest absolute Gasteiger partial charge is 0.508 e. The number of benzene rings is 1. The monoisotopic (exact) mass is 232 g/mol. The smallest absolute Gasteiger partial charge is 0.258 e. The average molecular weight is 232 g/mol. The van der Waals surface area contributed by atoms with Crippen molar-refractivity contribution < 1.29 is 14.4 Å². The Labute approximate surface area is 98.1 Å². The number of aryl methyl sites for hydroxylation is 1. The number of anilines is 1. The highest BCUT2D eigenvalue weighted by molar-refractivity contribution is 6.03. The van der Waals surface area contributed by atoms with E-state index in [0.717, 1.165) is 11.3 Å². The molecule has 1 heterocycles. The Bertz CT molecular complexity index is 543. The molecule has 0 radical (unpaired) electrons. The first kappa shape index (κ1) is 11.2. The van der Waals surface area contributed by atoms with E-state index >= 15 is 0 Å². The lowest BCUT2D eigenvalue weighted by Crippen LogP contribution is -2.11. The summed E-state index contributed by atoms with van der Waals surface area (Å²) in [6.45, 7) is 3.62. The van der Waals surface area contributed by atoms with E-state index in [1.165, 1.54) is 24.3 Å². The molecule has 17 heavy (non-hydrogen) atoms. The van der Waals surface area contributed by atoms with Crippen LogP contribution in [0.2, 0.25) is 0 Å². The molecule has 2 rings (SSSR count). The van der Waals surface area contributed by atoms with Gasteiger partial charge in [-0.25, -0.2) is 0 Å². The second kappa shape index (κ2) is 4.29. The van der Waals surface area contributed by atoms with E-state index in [2.05, 4.69) is 10.5 Å². The van der Waals surface area contributed by atoms with Crippen molar-refractivity contribution in [1.82, 2.24) is 5.16 Å². The van der Waals surface area contributed by atoms with Crippen LogP contribution in [0.3, 0.4) is 0 Å². The van der Waals surface area contributed by atoms with Gasteiger partial charge >= 0.3 is 0 Å². The van der Waals surface area contributed by atoms with Gasteiger partial charge in [0.05, 0.1) is 5.69 Å². The van der Waals surface area contributed by atoms with Gasteiger partial charge in [-0.15, -0.1) is 0 Å². The molecule has 0 atom stereocenters. The van der Waals surface area contributed by atoms with Gasteiger partial charge in [-0.2, -0.15) is 0 Å². The average Bonchev–Trinajstić information content (AvgIpc) is 2.62. The van der Waals surface area contributed by atoms with Crippen molar-refractivity contribution in [1.29, 1.82) is 0 Å². The van der Waals surface area contributed by atoms with Gasteiger partial charge in [0.15, 0.2) is 0 Å². The summed E-state index contributed by atoms with van der Waals surface area (Å²) in [5.74, 6) is 0.165. The number of nitrogens with zero attached hydrogens (tertiary/aromatic N) is 1. The van der Waals surface area contributed by atoms with Crippen LogP contribution < -0.4 is 5.32 Å². The first-order valence-electron chi connectivity index (χ1n) is 5.11. The zero-order valence-electron chi connectivity index (χ0n) is 9.52. The Hall–Kier alpha value is -2.30. The fourth-order valence-corrected chi connectivity index (χ4v) is 1.32. The molecule has 1 amide bonds. The molecule has 5 nitrogen and oxygen atoms in total. The van der Waals surface area contributed by atoms with Gasteiger partial charge in [-0.1, -0.05) is 5.16 Å². The van der Waals surface area contributed by atoms with Crippen LogP contribution in [0.25, 0.3) is 0 Å². The lowest BCUT2D eigenvalue weighted by molar-refractivity contribution is 0.102. The summed E-state index contributed by atoms with van der Waals surface area (Å²) < 4.78 is 4.98. The molecule has 88 valence electrons. The number of rotatable bonds is 2. The SMILES string of the molecule is Cc1noc(NC(=O)c2ccc(O)cc2)c1C. The van der Waals surface area contributed by atoms with Gasteiger partial charge in [0.1, 0.15) is 5.75 Å². The van der Waals surface area contributed by atoms with Crippen molar-refractivity contribution in [3.05, 3.63) is 41.1 Å². The number of aromatic nitrogens is 1. The number of nitrogens with one attached hydrogen (secondary N) is 1. The maximum atomic E-state index is 11.8. The number of carbonyl (C=O) groups is 1. The van der Waals surface area contributed by atoms with E-state index in [9.17, 15) is 4.79 Å². The molecule has 0 bridgehead atoms. The quantitative estimate of drug-likeness (QED) is 0.832. The van der Waals surface area contributed by atoms with Gasteiger partial charge in [0.25, 0.3) is 5.91 Å². The maximum absolute atomic E-state index is 11.8. The van der Waals surface area contributed by atoms with Crippen molar-refractivity contribution in [2.45, 2.75) is 13.8 Å². The molecule has 0 aliphatic heterocycles. The fourth-order valence-electron chi connectivity index (χ4n) is 1.32. The standard InChI is InChI=1S/C12H12N2O3/c1-7-8(2)14-17-12(7)13-11(16)9-3-5-10(15)6-4-9/h3-6,15H,1-2H3,(H,13,16). The topological polar surface area (TPSA) is 75.4 Å². The number of amides is 1. The molecule has 0 spiro atoms. The van der Waals surface area contributed by atoms with Crippen LogP contribution in [-0.2, 0) is 0 Å². The third kappa shape index (κ3) is 2.28. The number of hydrogen-bond acceptors (Lipinski definition) is 4. The highest BCUT2D eigenvalue weighted by atomic mass is 16.5. The Morgan fingerprint density at radius 1 is 1.29 bits per heavy atom. The van der Waals surface area contributed by atoms with Gasteiger partial charge in [-0.05, 0) is 38.1 Å². The molecule has 0 aliphatic rings. The van der Waals surface area contributed by atoms with Crippen molar-refractivity contribution in [3.63, 3.8) is 0 Å². The lowest BCUT2D eigenvalue weighted by atomic mass is 10.2. The molecule has 0 aliphatic carbocycles. The molecule has 0 saturated heterocycles. The second-order valence-corrected chi connectivity index (χ2v) is 3.72. The zero-order chi connectivity index (χ0) is 12.4. The predicted octanol–water partition coefficient (Wildman–Crippen LogP) is 2.25. The number of phenols is 1. The van der Waals surface area contributed by atoms with Crippen LogP contribution >= 0.6 is 0 Å². The molecule has 0 unspecified atom stereocenters. The number of aromatic hydroxyl groups is 1. The summed E-state index contributed by atoms with van der Waals surface area (Å²) in [6.07, 6.45) is 0. The van der Waals surface area contributed by atoms with Crippen molar-refractivity contribution in [2.75, 3.05) is 5.32 Å². The van der Waals surface area contributed by atoms with Crippen LogP contribution in [0, 0.1) is 13.8 Å². The highest BCUT2D eigenvalue weighted by Gasteiger charge is 2.12. The normalized spacial score (nSPS) is 10.2. The Balaban J connectivity index is 2.17. The van der Waals surface area contributed by atoms with Crippen molar-refractivity contribution in [2.24, 2.45) is 0 Å². The van der Waals surface area contributed by atoms with E-state index < -0.39 is 0 Å². The van der Waals surface area contributed by atoms with Crippen LogP contribution in [-0.4, -0.2) is 16.2 Å². The van der Waals surface area contributed by atoms with Gasteiger partial charge in [0.2, 0.25) is 5.88 Å². The second-order valence-electron chi connectivity index (χ2n) is 3.72. The lowest BCUT2D eigenvalue weighted by Gasteiger charge is -2.02. The van der Waals surface area contributed by atoms with E-state index in [1.807, 2.05) is 6.92 Å². The highest BCUT2D eigenvalue weighted by Crippen LogP contribution is 2.18. The summed E-state index contributed by atoms with van der Waals surface area (Å²) in [5, 5.41) is 15.5. The Morgan fingerprint density at radius 2 is 1.94 bits per heavy atom. The first-order valence-corrected chi connectivity index (χ1v) is 5.11. The predicted molar refractivity (Wildman–Crippen MR) is 62.0 cm³/mol. The van der Waals surface area contributed by atoms with E-state index in [1.54, 1.807) is 6.92 Å². The van der Waals surface area contributed by atoms with Gasteiger partial charge in [0, 0.05) is 11.1 Å². The molecule has 2 aromatic rings. The van der Waals surface area contributed by atoms with Gasteiger partial charge in [-0.3, -0.25) is 10.1 Å². The number of hydrogen-bond donors (Lipinski definition) is 2. The minimum absolute atomic E-state index is 0.119. The van der Waals surface area contributed by atoms with Crippen molar-refractivity contribution >= 4 is 11.8 Å². The van der Waals surface area contributed by atoms with Crippen LogP contribution in [0.5, 0.6) is 5.75 Å². The fraction of sp³-hybridized carbons (Fsp3) is 0.167. The Morgan fingerprint density at radius 3 is 2.47 bits per heavy atom. The first-order chi connectivity index (χ1) is 8.08. The third-order valence-electron chi connectivity index (χ3n) is 2.51. The zero-order valence-corrected chi connectivity index (χ0v) is 9.52. The number of phenolic OH excluding ortho intramolecular Hbond substituents is 1. The summed E-state index contributed by atoms with van der Waals surface area (Å²) in [5.41, 5.74) is 1.99. The summed E-state index contributed by atoms with van der Waals surface area (Å²) in [7, 11) is 0. The van der Waals surface area contributed by atoms with Gasteiger partial charge < -0.3 is 9.63 Å². The Kier molecular flexibility index (Phi) is 2.82. The third-order valence-corrected chi connectivity index (χ3v) is 2.51. The molecule has 0 saturated carbocycles. The van der Waals surface area contributed by atoms with Crippen LogP contribution in [0.1, 0.15) is 21.6 Å². The molecular formula is C12H12N2O3. The maximum Gasteiger partial charge on any atom is 0.258 e. The van der Waals surface area contributed by atoms with Crippen LogP contribution in [0.15, 0.2) is 28.8 Å². The number of carbonyl (C=O) groups excluding carboxylic acids is 1. The minimum Gasteiger partial charge on any atom is -0.508 e. The van der Waals surface area contributed by atoms with Crippen molar-refractivity contribution in [3.8, 4) is 5.75 Å². The van der Waals surface area contributed by atoms with E-state index in [0.29, 0.717) is 11.4 Å². The summed E-state index contributed by atoms with van der Waals surface area (Å²) >= 11 is 0. The molecule has 2 N–H and O–H groups in total. The minimum atomic E-state index is -0.302. The van der Waals surface area contributed by atoms with E-state index in [4.69, 9.17) is 9.63 Å². The molecule has 1 aromatic carbocycles. The summed E-state index contributed by atoms with van der Waals surface area (Å²) in [6, 6.07) is 5.97. The van der Waals surface area contributed by atoms with E-state index in [-0.39, 0.29) is 11.7 Å². The molecule has 5 heteroatoms. The molecule has 1 aromatic heterocycles. The molecular weight excluding hydrogens is 220 g/mol.